The minimum atomic E-state index is -0.0785. The first-order chi connectivity index (χ1) is 10.7. The van der Waals surface area contributed by atoms with Gasteiger partial charge in [-0.2, -0.15) is 0 Å². The van der Waals surface area contributed by atoms with E-state index in [0.29, 0.717) is 11.2 Å². The van der Waals surface area contributed by atoms with Crippen molar-refractivity contribution in [3.8, 4) is 21.8 Å². The molecule has 22 heavy (non-hydrogen) atoms. The summed E-state index contributed by atoms with van der Waals surface area (Å²) in [6.45, 7) is 2.04. The lowest BCUT2D eigenvalue weighted by atomic mass is 10.1. The van der Waals surface area contributed by atoms with E-state index in [-0.39, 0.29) is 5.56 Å². The molecule has 4 rings (SSSR count). The summed E-state index contributed by atoms with van der Waals surface area (Å²) in [5.74, 6) is 0.622. The molecule has 4 aromatic rings. The molecule has 0 unspecified atom stereocenters. The van der Waals surface area contributed by atoms with Crippen LogP contribution >= 0.6 is 22.7 Å². The molecule has 108 valence electrons. The van der Waals surface area contributed by atoms with Gasteiger partial charge in [0.05, 0.1) is 5.39 Å². The van der Waals surface area contributed by atoms with Crippen LogP contribution in [0.1, 0.15) is 5.56 Å². The Labute approximate surface area is 134 Å². The molecule has 5 heteroatoms. The third kappa shape index (κ3) is 2.19. The lowest BCUT2D eigenvalue weighted by Crippen LogP contribution is -2.08. The van der Waals surface area contributed by atoms with Crippen LogP contribution < -0.4 is 5.56 Å². The minimum Gasteiger partial charge on any atom is -0.306 e. The smallest absolute Gasteiger partial charge is 0.260 e. The molecule has 1 N–H and O–H groups in total. The molecule has 0 spiro atoms. The van der Waals surface area contributed by atoms with Crippen LogP contribution in [0.4, 0.5) is 0 Å². The van der Waals surface area contributed by atoms with Crippen LogP contribution in [0.5, 0.6) is 0 Å². The summed E-state index contributed by atoms with van der Waals surface area (Å²) < 4.78 is 0. The average molecular weight is 324 g/mol. The maximum absolute atomic E-state index is 12.5. The largest absolute Gasteiger partial charge is 0.306 e. The third-order valence-electron chi connectivity index (χ3n) is 3.56. The lowest BCUT2D eigenvalue weighted by Gasteiger charge is -2.02. The summed E-state index contributed by atoms with van der Waals surface area (Å²) in [4.78, 5) is 22.0. The predicted molar refractivity (Wildman–Crippen MR) is 93.7 cm³/mol. The molecular formula is C17H12N2OS2. The van der Waals surface area contributed by atoms with Crippen molar-refractivity contribution in [1.82, 2.24) is 9.97 Å². The number of H-pyrrole nitrogens is 1. The monoisotopic (exact) mass is 324 g/mol. The highest BCUT2D eigenvalue weighted by molar-refractivity contribution is 7.18. The van der Waals surface area contributed by atoms with Gasteiger partial charge in [-0.05, 0) is 18.4 Å². The second kappa shape index (κ2) is 5.19. The SMILES string of the molecule is Cc1ccc(-c2nc3scc(-c4cccs4)c3c(=O)[nH]2)cc1. The van der Waals surface area contributed by atoms with Gasteiger partial charge in [-0.1, -0.05) is 35.9 Å². The van der Waals surface area contributed by atoms with E-state index in [9.17, 15) is 4.79 Å². The van der Waals surface area contributed by atoms with Crippen LogP contribution in [0.2, 0.25) is 0 Å². The molecule has 3 aromatic heterocycles. The Kier molecular flexibility index (Phi) is 3.17. The number of nitrogens with zero attached hydrogens (tertiary/aromatic N) is 1. The number of rotatable bonds is 2. The molecule has 0 saturated carbocycles. The molecule has 0 radical (unpaired) electrons. The number of benzene rings is 1. The van der Waals surface area contributed by atoms with Crippen molar-refractivity contribution in [3.63, 3.8) is 0 Å². The fourth-order valence-corrected chi connectivity index (χ4v) is 4.17. The number of thiophene rings is 2. The van der Waals surface area contributed by atoms with Gasteiger partial charge in [0.15, 0.2) is 0 Å². The number of aromatic nitrogens is 2. The molecule has 0 bridgehead atoms. The van der Waals surface area contributed by atoms with Gasteiger partial charge in [-0.25, -0.2) is 4.98 Å². The molecule has 3 heterocycles. The number of hydrogen-bond acceptors (Lipinski definition) is 4. The van der Waals surface area contributed by atoms with Crippen molar-refractivity contribution in [2.75, 3.05) is 0 Å². The van der Waals surface area contributed by atoms with Gasteiger partial charge >= 0.3 is 0 Å². The molecule has 3 nitrogen and oxygen atoms in total. The molecule has 0 atom stereocenters. The van der Waals surface area contributed by atoms with Gasteiger partial charge in [-0.15, -0.1) is 22.7 Å². The van der Waals surface area contributed by atoms with Crippen LogP contribution in [0.3, 0.4) is 0 Å². The zero-order chi connectivity index (χ0) is 15.1. The fraction of sp³-hybridized carbons (Fsp3) is 0.0588. The Morgan fingerprint density at radius 3 is 2.64 bits per heavy atom. The fourth-order valence-electron chi connectivity index (χ4n) is 2.41. The number of hydrogen-bond donors (Lipinski definition) is 1. The Morgan fingerprint density at radius 2 is 1.91 bits per heavy atom. The highest BCUT2D eigenvalue weighted by Gasteiger charge is 2.14. The lowest BCUT2D eigenvalue weighted by molar-refractivity contribution is 1.19. The van der Waals surface area contributed by atoms with Gasteiger partial charge in [0.2, 0.25) is 0 Å². The van der Waals surface area contributed by atoms with E-state index < -0.39 is 0 Å². The van der Waals surface area contributed by atoms with Gasteiger partial charge < -0.3 is 4.98 Å². The number of aromatic amines is 1. The number of fused-ring (bicyclic) bond motifs is 1. The molecule has 1 aromatic carbocycles. The molecular weight excluding hydrogens is 312 g/mol. The van der Waals surface area contributed by atoms with Gasteiger partial charge in [-0.3, -0.25) is 4.79 Å². The number of nitrogens with one attached hydrogen (secondary N) is 1. The first-order valence-corrected chi connectivity index (χ1v) is 8.61. The maximum Gasteiger partial charge on any atom is 0.260 e. The molecule has 0 aliphatic rings. The summed E-state index contributed by atoms with van der Waals surface area (Å²) in [6.07, 6.45) is 0. The number of aryl methyl sites for hydroxylation is 1. The van der Waals surface area contributed by atoms with Gasteiger partial charge in [0.1, 0.15) is 10.7 Å². The standard InChI is InChI=1S/C17H12N2OS2/c1-10-4-6-11(7-5-10)15-18-16(20)14-12(9-22-17(14)19-15)13-3-2-8-21-13/h2-9H,1H3,(H,18,19,20). The summed E-state index contributed by atoms with van der Waals surface area (Å²) in [5, 5.41) is 4.71. The molecule has 0 aliphatic carbocycles. The van der Waals surface area contributed by atoms with Crippen molar-refractivity contribution in [2.24, 2.45) is 0 Å². The van der Waals surface area contributed by atoms with Gasteiger partial charge in [0.25, 0.3) is 5.56 Å². The van der Waals surface area contributed by atoms with Crippen LogP contribution in [0.15, 0.2) is 52.0 Å². The highest BCUT2D eigenvalue weighted by Crippen LogP contribution is 2.34. The van der Waals surface area contributed by atoms with Crippen molar-refractivity contribution >= 4 is 32.9 Å². The summed E-state index contributed by atoms with van der Waals surface area (Å²) >= 11 is 3.15. The Hall–Kier alpha value is -2.24. The predicted octanol–water partition coefficient (Wildman–Crippen LogP) is 4.69. The van der Waals surface area contributed by atoms with Crippen LogP contribution in [-0.4, -0.2) is 9.97 Å². The van der Waals surface area contributed by atoms with Gasteiger partial charge in [0, 0.05) is 21.4 Å². The van der Waals surface area contributed by atoms with Crippen LogP contribution in [0.25, 0.3) is 32.0 Å². The minimum absolute atomic E-state index is 0.0785. The average Bonchev–Trinajstić information content (AvgIpc) is 3.16. The van der Waals surface area contributed by atoms with E-state index in [1.54, 1.807) is 11.3 Å². The summed E-state index contributed by atoms with van der Waals surface area (Å²) in [5.41, 5.74) is 3.00. The van der Waals surface area contributed by atoms with Crippen molar-refractivity contribution in [3.05, 3.63) is 63.1 Å². The molecule has 0 saturated heterocycles. The molecule has 0 fully saturated rings. The Morgan fingerprint density at radius 1 is 1.09 bits per heavy atom. The first kappa shape index (κ1) is 13.4. The van der Waals surface area contributed by atoms with Crippen molar-refractivity contribution in [2.45, 2.75) is 6.92 Å². The normalized spacial score (nSPS) is 11.1. The Bertz CT molecular complexity index is 996. The molecule has 0 aliphatic heterocycles. The second-order valence-corrected chi connectivity index (χ2v) is 6.89. The van der Waals surface area contributed by atoms with E-state index in [1.807, 2.05) is 54.1 Å². The van der Waals surface area contributed by atoms with Crippen LogP contribution in [0, 0.1) is 6.92 Å². The van der Waals surface area contributed by atoms with E-state index in [1.165, 1.54) is 16.9 Å². The summed E-state index contributed by atoms with van der Waals surface area (Å²) in [7, 11) is 0. The maximum atomic E-state index is 12.5. The zero-order valence-corrected chi connectivity index (χ0v) is 13.4. The quantitative estimate of drug-likeness (QED) is 0.581. The zero-order valence-electron chi connectivity index (χ0n) is 11.8. The van der Waals surface area contributed by atoms with Crippen molar-refractivity contribution in [1.29, 1.82) is 0 Å². The highest BCUT2D eigenvalue weighted by atomic mass is 32.1. The Balaban J connectivity index is 1.92. The third-order valence-corrected chi connectivity index (χ3v) is 5.33. The first-order valence-electron chi connectivity index (χ1n) is 6.85. The van der Waals surface area contributed by atoms with E-state index in [2.05, 4.69) is 9.97 Å². The van der Waals surface area contributed by atoms with Crippen molar-refractivity contribution < 1.29 is 0 Å². The van der Waals surface area contributed by atoms with Crippen LogP contribution in [-0.2, 0) is 0 Å². The topological polar surface area (TPSA) is 45.8 Å². The van der Waals surface area contributed by atoms with E-state index in [4.69, 9.17) is 0 Å². The summed E-state index contributed by atoms with van der Waals surface area (Å²) in [6, 6.07) is 12.0. The molecule has 0 amide bonds. The van der Waals surface area contributed by atoms with E-state index >= 15 is 0 Å². The van der Waals surface area contributed by atoms with E-state index in [0.717, 1.165) is 20.8 Å². The second-order valence-electron chi connectivity index (χ2n) is 5.09.